The predicted molar refractivity (Wildman–Crippen MR) is 137 cm³/mol. The number of para-hydroxylation sites is 2. The van der Waals surface area contributed by atoms with Crippen molar-refractivity contribution in [3.8, 4) is 11.5 Å². The number of nitrogens with zero attached hydrogens (tertiary/aromatic N) is 4. The number of benzene rings is 3. The lowest BCUT2D eigenvalue weighted by molar-refractivity contribution is -0.134. The Morgan fingerprint density at radius 3 is 2.31 bits per heavy atom. The number of hydrogen-bond donors (Lipinski definition) is 1. The van der Waals surface area contributed by atoms with Crippen molar-refractivity contribution in [2.24, 2.45) is 5.10 Å². The van der Waals surface area contributed by atoms with E-state index in [1.165, 1.54) is 0 Å². The van der Waals surface area contributed by atoms with Gasteiger partial charge in [-0.3, -0.25) is 9.69 Å². The standard InChI is InChI=1S/C28H30N4O3/c1-35-23-13-11-22(12-14-23)26-19-24(21-7-3-2-4-8-21)29-32(26)28(34)20-30-15-17-31(18-16-30)25-9-5-6-10-27(25)33/h2-14,26,33H,15-20H2,1H3/t26-/m1/s1. The maximum absolute atomic E-state index is 13.5. The van der Waals surface area contributed by atoms with Gasteiger partial charge in [0, 0.05) is 32.6 Å². The fourth-order valence-electron chi connectivity index (χ4n) is 4.77. The zero-order valence-corrected chi connectivity index (χ0v) is 19.9. The van der Waals surface area contributed by atoms with Crippen LogP contribution in [0.25, 0.3) is 0 Å². The zero-order valence-electron chi connectivity index (χ0n) is 19.9. The van der Waals surface area contributed by atoms with E-state index in [4.69, 9.17) is 9.84 Å². The Hall–Kier alpha value is -3.84. The molecule has 1 amide bonds. The maximum Gasteiger partial charge on any atom is 0.257 e. The van der Waals surface area contributed by atoms with E-state index in [9.17, 15) is 9.90 Å². The lowest BCUT2D eigenvalue weighted by Gasteiger charge is -2.36. The number of anilines is 1. The van der Waals surface area contributed by atoms with E-state index >= 15 is 0 Å². The van der Waals surface area contributed by atoms with Gasteiger partial charge in [0.2, 0.25) is 0 Å². The molecule has 1 fully saturated rings. The summed E-state index contributed by atoms with van der Waals surface area (Å²) < 4.78 is 5.31. The minimum absolute atomic E-state index is 0.00671. The van der Waals surface area contributed by atoms with Crippen LogP contribution in [0.1, 0.15) is 23.6 Å². The third-order valence-electron chi connectivity index (χ3n) is 6.73. The Bertz CT molecular complexity index is 1190. The number of carbonyl (C=O) groups excluding carboxylic acids is 1. The first-order valence-corrected chi connectivity index (χ1v) is 12.0. The van der Waals surface area contributed by atoms with E-state index in [2.05, 4.69) is 9.80 Å². The van der Waals surface area contributed by atoms with Crippen LogP contribution < -0.4 is 9.64 Å². The fourth-order valence-corrected chi connectivity index (χ4v) is 4.77. The SMILES string of the molecule is COc1ccc([C@H]2CC(c3ccccc3)=NN2C(=O)CN2CCN(c3ccccc3O)CC2)cc1. The first-order valence-electron chi connectivity index (χ1n) is 12.0. The molecule has 7 heteroatoms. The molecule has 180 valence electrons. The molecule has 0 saturated carbocycles. The Morgan fingerprint density at radius 1 is 0.943 bits per heavy atom. The molecule has 0 radical (unpaired) electrons. The van der Waals surface area contributed by atoms with Gasteiger partial charge < -0.3 is 14.7 Å². The molecule has 1 atom stereocenters. The maximum atomic E-state index is 13.5. The molecule has 3 aromatic rings. The van der Waals surface area contributed by atoms with Crippen LogP contribution in [0.15, 0.2) is 84.0 Å². The van der Waals surface area contributed by atoms with E-state index in [1.54, 1.807) is 18.2 Å². The Labute approximate surface area is 205 Å². The van der Waals surface area contributed by atoms with Crippen LogP contribution in [0, 0.1) is 0 Å². The van der Waals surface area contributed by atoms with E-state index in [1.807, 2.05) is 72.8 Å². The summed E-state index contributed by atoms with van der Waals surface area (Å²) in [7, 11) is 1.65. The normalized spacial score (nSPS) is 18.4. The number of rotatable bonds is 6. The van der Waals surface area contributed by atoms with Gasteiger partial charge in [0.05, 0.1) is 31.1 Å². The number of carbonyl (C=O) groups is 1. The van der Waals surface area contributed by atoms with Crippen LogP contribution in [-0.2, 0) is 4.79 Å². The van der Waals surface area contributed by atoms with Gasteiger partial charge in [0.25, 0.3) is 5.91 Å². The summed E-state index contributed by atoms with van der Waals surface area (Å²) in [5.74, 6) is 1.07. The smallest absolute Gasteiger partial charge is 0.257 e. The summed E-state index contributed by atoms with van der Waals surface area (Å²) >= 11 is 0. The fraction of sp³-hybridized carbons (Fsp3) is 0.286. The molecule has 1 N–H and O–H groups in total. The average molecular weight is 471 g/mol. The highest BCUT2D eigenvalue weighted by Crippen LogP contribution is 2.34. The second-order valence-corrected chi connectivity index (χ2v) is 8.90. The van der Waals surface area contributed by atoms with Gasteiger partial charge in [0.15, 0.2) is 0 Å². The van der Waals surface area contributed by atoms with Crippen molar-refractivity contribution in [1.29, 1.82) is 0 Å². The van der Waals surface area contributed by atoms with Crippen LogP contribution in [-0.4, -0.2) is 66.5 Å². The quantitative estimate of drug-likeness (QED) is 0.592. The van der Waals surface area contributed by atoms with Gasteiger partial charge in [-0.1, -0.05) is 54.6 Å². The summed E-state index contributed by atoms with van der Waals surface area (Å²) in [6.07, 6.45) is 0.670. The minimum atomic E-state index is -0.147. The van der Waals surface area contributed by atoms with Gasteiger partial charge in [-0.05, 0) is 35.4 Å². The summed E-state index contributed by atoms with van der Waals surface area (Å²) in [6, 6.07) is 25.2. The molecule has 2 aliphatic heterocycles. The first-order chi connectivity index (χ1) is 17.1. The van der Waals surface area contributed by atoms with Crippen molar-refractivity contribution < 1.29 is 14.6 Å². The van der Waals surface area contributed by atoms with Gasteiger partial charge in [-0.15, -0.1) is 0 Å². The highest BCUT2D eigenvalue weighted by Gasteiger charge is 2.34. The second-order valence-electron chi connectivity index (χ2n) is 8.90. The molecule has 2 heterocycles. The van der Waals surface area contributed by atoms with Gasteiger partial charge in [0.1, 0.15) is 11.5 Å². The topological polar surface area (TPSA) is 68.6 Å². The molecule has 5 rings (SSSR count). The molecule has 7 nitrogen and oxygen atoms in total. The number of aromatic hydroxyl groups is 1. The number of phenols is 1. The lowest BCUT2D eigenvalue weighted by Crippen LogP contribution is -2.49. The molecule has 0 aliphatic carbocycles. The summed E-state index contributed by atoms with van der Waals surface area (Å²) in [5, 5.41) is 16.6. The van der Waals surface area contributed by atoms with Crippen molar-refractivity contribution >= 4 is 17.3 Å². The molecule has 1 saturated heterocycles. The minimum Gasteiger partial charge on any atom is -0.506 e. The Kier molecular flexibility index (Phi) is 6.68. The van der Waals surface area contributed by atoms with Crippen molar-refractivity contribution in [2.45, 2.75) is 12.5 Å². The number of phenolic OH excluding ortho intramolecular Hbond substituents is 1. The molecule has 2 aliphatic rings. The van der Waals surface area contributed by atoms with Crippen LogP contribution in [0.3, 0.4) is 0 Å². The Morgan fingerprint density at radius 2 is 1.63 bits per heavy atom. The molecule has 3 aromatic carbocycles. The Balaban J connectivity index is 1.30. The predicted octanol–water partition coefficient (Wildman–Crippen LogP) is 3.90. The molecule has 35 heavy (non-hydrogen) atoms. The second kappa shape index (κ2) is 10.2. The van der Waals surface area contributed by atoms with Gasteiger partial charge in [-0.25, -0.2) is 5.01 Å². The van der Waals surface area contributed by atoms with E-state index in [0.717, 1.165) is 54.5 Å². The highest BCUT2D eigenvalue weighted by atomic mass is 16.5. The molecule has 0 spiro atoms. The third-order valence-corrected chi connectivity index (χ3v) is 6.73. The average Bonchev–Trinajstić information content (AvgIpc) is 3.36. The van der Waals surface area contributed by atoms with Crippen LogP contribution in [0.4, 0.5) is 5.69 Å². The number of ether oxygens (including phenoxy) is 1. The number of hydrazone groups is 1. The first kappa shape index (κ1) is 22.9. The van der Waals surface area contributed by atoms with Crippen molar-refractivity contribution in [3.63, 3.8) is 0 Å². The number of hydrogen-bond acceptors (Lipinski definition) is 6. The van der Waals surface area contributed by atoms with Crippen molar-refractivity contribution in [2.75, 3.05) is 44.7 Å². The highest BCUT2D eigenvalue weighted by molar-refractivity contribution is 6.03. The number of methoxy groups -OCH3 is 1. The third kappa shape index (κ3) is 5.00. The van der Waals surface area contributed by atoms with Crippen LogP contribution in [0.2, 0.25) is 0 Å². The molecular formula is C28H30N4O3. The largest absolute Gasteiger partial charge is 0.506 e. The van der Waals surface area contributed by atoms with Crippen LogP contribution >= 0.6 is 0 Å². The number of piperazine rings is 1. The zero-order chi connectivity index (χ0) is 24.2. The van der Waals surface area contributed by atoms with E-state index in [-0.39, 0.29) is 11.9 Å². The van der Waals surface area contributed by atoms with Crippen molar-refractivity contribution in [1.82, 2.24) is 9.91 Å². The number of amides is 1. The molecule has 0 aromatic heterocycles. The van der Waals surface area contributed by atoms with Crippen LogP contribution in [0.5, 0.6) is 11.5 Å². The summed E-state index contributed by atoms with van der Waals surface area (Å²) in [6.45, 7) is 3.32. The summed E-state index contributed by atoms with van der Waals surface area (Å²) in [5.41, 5.74) is 3.84. The van der Waals surface area contributed by atoms with Gasteiger partial charge in [-0.2, -0.15) is 5.10 Å². The molecule has 0 unspecified atom stereocenters. The van der Waals surface area contributed by atoms with E-state index in [0.29, 0.717) is 18.7 Å². The van der Waals surface area contributed by atoms with Crippen molar-refractivity contribution in [3.05, 3.63) is 90.0 Å². The van der Waals surface area contributed by atoms with Gasteiger partial charge >= 0.3 is 0 Å². The lowest BCUT2D eigenvalue weighted by atomic mass is 9.98. The molecule has 0 bridgehead atoms. The summed E-state index contributed by atoms with van der Waals surface area (Å²) in [4.78, 5) is 17.8. The van der Waals surface area contributed by atoms with E-state index < -0.39 is 0 Å². The monoisotopic (exact) mass is 470 g/mol. The molecular weight excluding hydrogens is 440 g/mol.